The number of likely N-dealkylation sites (tertiary alicyclic amines) is 1. The van der Waals surface area contributed by atoms with Gasteiger partial charge in [-0.15, -0.1) is 0 Å². The summed E-state index contributed by atoms with van der Waals surface area (Å²) in [6.45, 7) is 4.08. The second kappa shape index (κ2) is 8.27. The number of ketones is 1. The molecule has 2 aromatic rings. The fourth-order valence-corrected chi connectivity index (χ4v) is 3.67. The van der Waals surface area contributed by atoms with Crippen LogP contribution in [0, 0.1) is 13.8 Å². The van der Waals surface area contributed by atoms with E-state index in [1.807, 2.05) is 26.0 Å². The Hall–Kier alpha value is -2.83. The molecule has 29 heavy (non-hydrogen) atoms. The van der Waals surface area contributed by atoms with E-state index in [2.05, 4.69) is 0 Å². The van der Waals surface area contributed by atoms with Gasteiger partial charge >= 0.3 is 0 Å². The third-order valence-corrected chi connectivity index (χ3v) is 5.31. The predicted molar refractivity (Wildman–Crippen MR) is 110 cm³/mol. The quantitative estimate of drug-likeness (QED) is 0.441. The van der Waals surface area contributed by atoms with Gasteiger partial charge in [-0.1, -0.05) is 35.4 Å². The third-order valence-electron chi connectivity index (χ3n) is 5.01. The van der Waals surface area contributed by atoms with E-state index >= 15 is 0 Å². The zero-order valence-corrected chi connectivity index (χ0v) is 17.2. The van der Waals surface area contributed by atoms with Crippen molar-refractivity contribution in [2.24, 2.45) is 0 Å². The number of ether oxygens (including phenoxy) is 1. The molecule has 0 aromatic heterocycles. The maximum absolute atomic E-state index is 12.9. The second-order valence-corrected chi connectivity index (χ2v) is 7.42. The highest BCUT2D eigenvalue weighted by Gasteiger charge is 2.46. The normalized spacial score (nSPS) is 18.5. The van der Waals surface area contributed by atoms with E-state index in [9.17, 15) is 19.8 Å². The molecule has 152 valence electrons. The first kappa shape index (κ1) is 20.9. The standard InChI is InChI=1S/C22H22ClNO5/c1-12-4-5-13(2)15(10-12)20(26)18-19(14-6-7-17(25)16(23)11-14)24(8-9-29-3)22(28)21(18)27/h4-7,10-11,19,25-26H,8-9H2,1-3H3/b20-18+. The van der Waals surface area contributed by atoms with E-state index in [-0.39, 0.29) is 35.3 Å². The van der Waals surface area contributed by atoms with Crippen molar-refractivity contribution in [2.75, 3.05) is 20.3 Å². The fraction of sp³-hybridized carbons (Fsp3) is 0.273. The van der Waals surface area contributed by atoms with Crippen LogP contribution in [0.2, 0.25) is 5.02 Å². The Bertz CT molecular complexity index is 1010. The molecule has 1 heterocycles. The van der Waals surface area contributed by atoms with Crippen molar-refractivity contribution in [1.82, 2.24) is 4.90 Å². The van der Waals surface area contributed by atoms with Gasteiger partial charge in [0.1, 0.15) is 11.5 Å². The van der Waals surface area contributed by atoms with Gasteiger partial charge in [-0.05, 0) is 43.2 Å². The zero-order valence-electron chi connectivity index (χ0n) is 16.4. The summed E-state index contributed by atoms with van der Waals surface area (Å²) >= 11 is 6.07. The summed E-state index contributed by atoms with van der Waals surface area (Å²) in [7, 11) is 1.50. The smallest absolute Gasteiger partial charge is 0.295 e. The number of hydrogen-bond acceptors (Lipinski definition) is 5. The number of methoxy groups -OCH3 is 1. The predicted octanol–water partition coefficient (Wildman–Crippen LogP) is 3.73. The average molecular weight is 416 g/mol. The molecule has 0 bridgehead atoms. The molecule has 1 saturated heterocycles. The summed E-state index contributed by atoms with van der Waals surface area (Å²) in [6.07, 6.45) is 0. The first-order valence-corrected chi connectivity index (χ1v) is 9.47. The number of phenolic OH excluding ortho intramolecular Hbond substituents is 1. The van der Waals surface area contributed by atoms with Gasteiger partial charge in [-0.25, -0.2) is 0 Å². The summed E-state index contributed by atoms with van der Waals surface area (Å²) in [5.41, 5.74) is 2.68. The van der Waals surface area contributed by atoms with Crippen molar-refractivity contribution < 1.29 is 24.5 Å². The van der Waals surface area contributed by atoms with Gasteiger partial charge in [0.2, 0.25) is 0 Å². The molecule has 0 radical (unpaired) electrons. The number of rotatable bonds is 5. The molecular weight excluding hydrogens is 394 g/mol. The Morgan fingerprint density at radius 2 is 1.90 bits per heavy atom. The van der Waals surface area contributed by atoms with E-state index in [0.29, 0.717) is 11.1 Å². The van der Waals surface area contributed by atoms with Crippen molar-refractivity contribution in [3.8, 4) is 5.75 Å². The first-order chi connectivity index (χ1) is 13.8. The zero-order chi connectivity index (χ0) is 21.3. The van der Waals surface area contributed by atoms with Crippen LogP contribution in [0.25, 0.3) is 5.76 Å². The lowest BCUT2D eigenvalue weighted by molar-refractivity contribution is -0.140. The van der Waals surface area contributed by atoms with Crippen molar-refractivity contribution in [3.05, 3.63) is 69.2 Å². The van der Waals surface area contributed by atoms with E-state index in [0.717, 1.165) is 11.1 Å². The number of aliphatic hydroxyl groups is 1. The lowest BCUT2D eigenvalue weighted by atomic mass is 9.93. The Balaban J connectivity index is 2.23. The highest BCUT2D eigenvalue weighted by molar-refractivity contribution is 6.46. The van der Waals surface area contributed by atoms with Crippen molar-refractivity contribution in [2.45, 2.75) is 19.9 Å². The van der Waals surface area contributed by atoms with Gasteiger partial charge in [0.25, 0.3) is 11.7 Å². The van der Waals surface area contributed by atoms with Gasteiger partial charge in [0, 0.05) is 19.2 Å². The monoisotopic (exact) mass is 415 g/mol. The van der Waals surface area contributed by atoms with Crippen molar-refractivity contribution in [1.29, 1.82) is 0 Å². The maximum Gasteiger partial charge on any atom is 0.295 e. The molecule has 0 saturated carbocycles. The van der Waals surface area contributed by atoms with Gasteiger partial charge in [0.15, 0.2) is 0 Å². The average Bonchev–Trinajstić information content (AvgIpc) is 2.94. The molecular formula is C22H22ClNO5. The number of nitrogens with zero attached hydrogens (tertiary/aromatic N) is 1. The molecule has 1 amide bonds. The first-order valence-electron chi connectivity index (χ1n) is 9.09. The SMILES string of the molecule is COCCN1C(=O)C(=O)/C(=C(/O)c2cc(C)ccc2C)C1c1ccc(O)c(Cl)c1. The number of aliphatic hydroxyl groups excluding tert-OH is 1. The van der Waals surface area contributed by atoms with Gasteiger partial charge in [0.05, 0.1) is 23.2 Å². The largest absolute Gasteiger partial charge is 0.507 e. The lowest BCUT2D eigenvalue weighted by Crippen LogP contribution is -2.32. The Morgan fingerprint density at radius 3 is 2.55 bits per heavy atom. The van der Waals surface area contributed by atoms with Crippen LogP contribution in [0.5, 0.6) is 5.75 Å². The molecule has 1 atom stereocenters. The molecule has 3 rings (SSSR count). The summed E-state index contributed by atoms with van der Waals surface area (Å²) in [5.74, 6) is -1.84. The minimum absolute atomic E-state index is 0.0124. The number of benzene rings is 2. The number of carbonyl (C=O) groups is 2. The van der Waals surface area contributed by atoms with Crippen LogP contribution >= 0.6 is 11.6 Å². The molecule has 0 spiro atoms. The summed E-state index contributed by atoms with van der Waals surface area (Å²) in [4.78, 5) is 27.0. The van der Waals surface area contributed by atoms with E-state index in [1.165, 1.54) is 24.1 Å². The molecule has 1 aliphatic rings. The highest BCUT2D eigenvalue weighted by atomic mass is 35.5. The number of halogens is 1. The fourth-order valence-electron chi connectivity index (χ4n) is 3.48. The van der Waals surface area contributed by atoms with Crippen LogP contribution in [-0.2, 0) is 14.3 Å². The highest BCUT2D eigenvalue weighted by Crippen LogP contribution is 2.41. The Kier molecular flexibility index (Phi) is 5.96. The van der Waals surface area contributed by atoms with Gasteiger partial charge in [-0.2, -0.15) is 0 Å². The molecule has 1 fully saturated rings. The number of phenols is 1. The molecule has 1 aliphatic heterocycles. The maximum atomic E-state index is 12.9. The lowest BCUT2D eigenvalue weighted by Gasteiger charge is -2.25. The molecule has 2 N–H and O–H groups in total. The van der Waals surface area contributed by atoms with Crippen LogP contribution in [0.4, 0.5) is 0 Å². The van der Waals surface area contributed by atoms with E-state index < -0.39 is 17.7 Å². The molecule has 0 aliphatic carbocycles. The van der Waals surface area contributed by atoms with Crippen LogP contribution in [0.15, 0.2) is 42.0 Å². The van der Waals surface area contributed by atoms with Crippen LogP contribution in [0.3, 0.4) is 0 Å². The number of Topliss-reactive ketones (excluding diaryl/α,β-unsaturated/α-hetero) is 1. The topological polar surface area (TPSA) is 87.1 Å². The van der Waals surface area contributed by atoms with E-state index in [4.69, 9.17) is 16.3 Å². The van der Waals surface area contributed by atoms with Crippen LogP contribution in [-0.4, -0.2) is 47.1 Å². The Morgan fingerprint density at radius 1 is 1.17 bits per heavy atom. The number of aromatic hydroxyl groups is 1. The molecule has 2 aromatic carbocycles. The summed E-state index contributed by atoms with van der Waals surface area (Å²) in [5, 5.41) is 20.9. The third kappa shape index (κ3) is 3.86. The number of amides is 1. The molecule has 6 nitrogen and oxygen atoms in total. The van der Waals surface area contributed by atoms with E-state index in [1.54, 1.807) is 12.1 Å². The van der Waals surface area contributed by atoms with Crippen LogP contribution in [0.1, 0.15) is 28.3 Å². The molecule has 7 heteroatoms. The van der Waals surface area contributed by atoms with Crippen molar-refractivity contribution in [3.63, 3.8) is 0 Å². The minimum atomic E-state index is -0.844. The second-order valence-electron chi connectivity index (χ2n) is 7.01. The van der Waals surface area contributed by atoms with Gasteiger partial charge < -0.3 is 19.8 Å². The molecule has 1 unspecified atom stereocenters. The summed E-state index contributed by atoms with van der Waals surface area (Å²) < 4.78 is 5.08. The summed E-state index contributed by atoms with van der Waals surface area (Å²) in [6, 6.07) is 9.14. The Labute approximate surface area is 174 Å². The number of carbonyl (C=O) groups excluding carboxylic acids is 2. The number of aryl methyl sites for hydroxylation is 2. The number of hydrogen-bond donors (Lipinski definition) is 2. The van der Waals surface area contributed by atoms with Crippen molar-refractivity contribution >= 4 is 29.1 Å². The minimum Gasteiger partial charge on any atom is -0.507 e. The van der Waals surface area contributed by atoms with Crippen LogP contribution < -0.4 is 0 Å². The van der Waals surface area contributed by atoms with Gasteiger partial charge in [-0.3, -0.25) is 9.59 Å².